The number of rotatable bonds is 1. The Kier molecular flexibility index (Phi) is 1.88. The molecule has 13 heavy (non-hydrogen) atoms. The lowest BCUT2D eigenvalue weighted by molar-refractivity contribution is 0.112. The standard InChI is InChI=1S/C10H7FOS/c1-6-2-3-7(5-12)8-4-9(11)13-10(6)8/h2-5H,1H3. The molecule has 1 aromatic heterocycles. The van der Waals surface area contributed by atoms with Gasteiger partial charge in [0.2, 0.25) is 0 Å². The minimum absolute atomic E-state index is 0.243. The molecule has 2 rings (SSSR count). The average Bonchev–Trinajstić information content (AvgIpc) is 2.48. The van der Waals surface area contributed by atoms with Crippen LogP contribution < -0.4 is 0 Å². The van der Waals surface area contributed by atoms with Crippen LogP contribution in [0.15, 0.2) is 18.2 Å². The number of carbonyl (C=O) groups excluding carboxylic acids is 1. The number of hydrogen-bond donors (Lipinski definition) is 0. The SMILES string of the molecule is Cc1ccc(C=O)c2cc(F)sc12. The fraction of sp³-hybridized carbons (Fsp3) is 0.100. The van der Waals surface area contributed by atoms with Crippen LogP contribution in [-0.4, -0.2) is 6.29 Å². The quantitative estimate of drug-likeness (QED) is 0.637. The second-order valence-electron chi connectivity index (χ2n) is 2.88. The van der Waals surface area contributed by atoms with E-state index >= 15 is 0 Å². The fourth-order valence-electron chi connectivity index (χ4n) is 1.35. The van der Waals surface area contributed by atoms with Gasteiger partial charge in [-0.1, -0.05) is 12.1 Å². The predicted octanol–water partition coefficient (Wildman–Crippen LogP) is 3.16. The lowest BCUT2D eigenvalue weighted by Gasteiger charge is -1.96. The summed E-state index contributed by atoms with van der Waals surface area (Å²) in [5.41, 5.74) is 1.57. The molecule has 1 aromatic carbocycles. The Bertz CT molecular complexity index is 473. The van der Waals surface area contributed by atoms with Gasteiger partial charge >= 0.3 is 0 Å². The summed E-state index contributed by atoms with van der Waals surface area (Å²) in [6, 6.07) is 4.97. The largest absolute Gasteiger partial charge is 0.298 e. The molecule has 3 heteroatoms. The Morgan fingerprint density at radius 2 is 2.23 bits per heavy atom. The van der Waals surface area contributed by atoms with Crippen molar-refractivity contribution >= 4 is 27.7 Å². The van der Waals surface area contributed by atoms with Crippen molar-refractivity contribution in [3.63, 3.8) is 0 Å². The number of aryl methyl sites for hydroxylation is 1. The van der Waals surface area contributed by atoms with E-state index in [0.717, 1.165) is 33.3 Å². The highest BCUT2D eigenvalue weighted by molar-refractivity contribution is 7.17. The van der Waals surface area contributed by atoms with Gasteiger partial charge in [0.25, 0.3) is 0 Å². The Morgan fingerprint density at radius 3 is 2.92 bits per heavy atom. The highest BCUT2D eigenvalue weighted by atomic mass is 32.1. The molecular weight excluding hydrogens is 187 g/mol. The van der Waals surface area contributed by atoms with Gasteiger partial charge in [0, 0.05) is 15.6 Å². The molecule has 0 saturated heterocycles. The summed E-state index contributed by atoms with van der Waals surface area (Å²) < 4.78 is 13.8. The first kappa shape index (κ1) is 8.38. The minimum Gasteiger partial charge on any atom is -0.298 e. The molecule has 0 unspecified atom stereocenters. The molecular formula is C10H7FOS. The second kappa shape index (κ2) is 2.92. The summed E-state index contributed by atoms with van der Waals surface area (Å²) in [4.78, 5) is 10.6. The van der Waals surface area contributed by atoms with Gasteiger partial charge in [-0.05, 0) is 18.6 Å². The van der Waals surface area contributed by atoms with E-state index in [1.165, 1.54) is 6.07 Å². The molecule has 0 fully saturated rings. The maximum atomic E-state index is 12.9. The molecule has 0 spiro atoms. The monoisotopic (exact) mass is 194 g/mol. The van der Waals surface area contributed by atoms with Crippen LogP contribution in [0.2, 0.25) is 0 Å². The van der Waals surface area contributed by atoms with Gasteiger partial charge < -0.3 is 0 Å². The number of benzene rings is 1. The fourth-order valence-corrected chi connectivity index (χ4v) is 2.24. The Balaban J connectivity index is 2.91. The van der Waals surface area contributed by atoms with Crippen molar-refractivity contribution in [1.82, 2.24) is 0 Å². The maximum Gasteiger partial charge on any atom is 0.177 e. The number of fused-ring (bicyclic) bond motifs is 1. The molecule has 0 N–H and O–H groups in total. The van der Waals surface area contributed by atoms with E-state index in [0.29, 0.717) is 5.56 Å². The smallest absolute Gasteiger partial charge is 0.177 e. The summed E-state index contributed by atoms with van der Waals surface area (Å²) in [6.45, 7) is 1.91. The van der Waals surface area contributed by atoms with Crippen LogP contribution in [0, 0.1) is 12.1 Å². The van der Waals surface area contributed by atoms with Crippen LogP contribution >= 0.6 is 11.3 Å². The van der Waals surface area contributed by atoms with Gasteiger partial charge in [-0.25, -0.2) is 0 Å². The first-order valence-electron chi connectivity index (χ1n) is 3.86. The lowest BCUT2D eigenvalue weighted by Crippen LogP contribution is -1.81. The van der Waals surface area contributed by atoms with E-state index in [1.54, 1.807) is 6.07 Å². The predicted molar refractivity (Wildman–Crippen MR) is 51.9 cm³/mol. The van der Waals surface area contributed by atoms with Crippen LogP contribution in [0.25, 0.3) is 10.1 Å². The summed E-state index contributed by atoms with van der Waals surface area (Å²) >= 11 is 1.08. The van der Waals surface area contributed by atoms with Crippen molar-refractivity contribution < 1.29 is 9.18 Å². The summed E-state index contributed by atoms with van der Waals surface area (Å²) in [5, 5.41) is 0.477. The Hall–Kier alpha value is -1.22. The molecule has 0 aliphatic carbocycles. The molecule has 1 nitrogen and oxygen atoms in total. The third kappa shape index (κ3) is 1.25. The highest BCUT2D eigenvalue weighted by Gasteiger charge is 2.07. The van der Waals surface area contributed by atoms with E-state index in [4.69, 9.17) is 0 Å². The minimum atomic E-state index is -0.243. The Labute approximate surface area is 78.8 Å². The number of halogens is 1. The maximum absolute atomic E-state index is 12.9. The third-order valence-electron chi connectivity index (χ3n) is 2.01. The van der Waals surface area contributed by atoms with Crippen LogP contribution in [0.4, 0.5) is 4.39 Å². The first-order valence-corrected chi connectivity index (χ1v) is 4.68. The van der Waals surface area contributed by atoms with E-state index in [2.05, 4.69) is 0 Å². The van der Waals surface area contributed by atoms with E-state index in [-0.39, 0.29) is 5.13 Å². The van der Waals surface area contributed by atoms with E-state index in [9.17, 15) is 9.18 Å². The highest BCUT2D eigenvalue weighted by Crippen LogP contribution is 2.29. The van der Waals surface area contributed by atoms with Crippen molar-refractivity contribution in [2.45, 2.75) is 6.92 Å². The molecule has 2 aromatic rings. The number of aldehydes is 1. The molecule has 66 valence electrons. The van der Waals surface area contributed by atoms with Crippen molar-refractivity contribution in [3.05, 3.63) is 34.5 Å². The second-order valence-corrected chi connectivity index (χ2v) is 3.89. The van der Waals surface area contributed by atoms with E-state index < -0.39 is 0 Å². The summed E-state index contributed by atoms with van der Waals surface area (Å²) in [5.74, 6) is 0. The zero-order valence-corrected chi connectivity index (χ0v) is 7.82. The van der Waals surface area contributed by atoms with Crippen LogP contribution in [0.5, 0.6) is 0 Å². The van der Waals surface area contributed by atoms with Gasteiger partial charge in [0.1, 0.15) is 0 Å². The molecule has 0 bridgehead atoms. The number of carbonyl (C=O) groups is 1. The zero-order valence-electron chi connectivity index (χ0n) is 7.00. The summed E-state index contributed by atoms with van der Waals surface area (Å²) in [6.07, 6.45) is 0.758. The first-order chi connectivity index (χ1) is 6.22. The molecule has 0 saturated carbocycles. The average molecular weight is 194 g/mol. The zero-order chi connectivity index (χ0) is 9.42. The van der Waals surface area contributed by atoms with Gasteiger partial charge in [-0.15, -0.1) is 11.3 Å². The molecule has 1 heterocycles. The van der Waals surface area contributed by atoms with Crippen LogP contribution in [0.3, 0.4) is 0 Å². The van der Waals surface area contributed by atoms with Crippen molar-refractivity contribution in [1.29, 1.82) is 0 Å². The summed E-state index contributed by atoms with van der Waals surface area (Å²) in [7, 11) is 0. The molecule has 0 aliphatic heterocycles. The van der Waals surface area contributed by atoms with Crippen molar-refractivity contribution in [3.8, 4) is 0 Å². The normalized spacial score (nSPS) is 10.6. The molecule has 0 aliphatic rings. The number of thiophene rings is 1. The van der Waals surface area contributed by atoms with Gasteiger partial charge in [0.15, 0.2) is 11.4 Å². The lowest BCUT2D eigenvalue weighted by atomic mass is 10.1. The van der Waals surface area contributed by atoms with Gasteiger partial charge in [-0.2, -0.15) is 4.39 Å². The van der Waals surface area contributed by atoms with Crippen LogP contribution in [0.1, 0.15) is 15.9 Å². The molecule has 0 radical (unpaired) electrons. The van der Waals surface area contributed by atoms with Crippen molar-refractivity contribution in [2.75, 3.05) is 0 Å². The van der Waals surface area contributed by atoms with Crippen LogP contribution in [-0.2, 0) is 0 Å². The van der Waals surface area contributed by atoms with Gasteiger partial charge in [0.05, 0.1) is 0 Å². The topological polar surface area (TPSA) is 17.1 Å². The number of hydrogen-bond acceptors (Lipinski definition) is 2. The third-order valence-corrected chi connectivity index (χ3v) is 3.07. The molecule has 0 amide bonds. The van der Waals surface area contributed by atoms with Gasteiger partial charge in [-0.3, -0.25) is 4.79 Å². The van der Waals surface area contributed by atoms with Crippen molar-refractivity contribution in [2.24, 2.45) is 0 Å². The van der Waals surface area contributed by atoms with E-state index in [1.807, 2.05) is 13.0 Å². The molecule has 0 atom stereocenters. The Morgan fingerprint density at radius 1 is 1.46 bits per heavy atom.